The number of amides is 1. The summed E-state index contributed by atoms with van der Waals surface area (Å²) in [5.74, 6) is -1.26. The molecule has 1 aromatic rings. The molecule has 2 bridgehead atoms. The third-order valence-corrected chi connectivity index (χ3v) is 5.76. The lowest BCUT2D eigenvalue weighted by atomic mass is 9.77. The molecule has 1 amide bonds. The van der Waals surface area contributed by atoms with Gasteiger partial charge in [0.15, 0.2) is 11.5 Å². The van der Waals surface area contributed by atoms with Crippen LogP contribution in [-0.2, 0) is 14.3 Å². The Bertz CT molecular complexity index is 820. The van der Waals surface area contributed by atoms with Crippen LogP contribution in [0.4, 0.5) is 0 Å². The normalized spacial score (nSPS) is 35.3. The van der Waals surface area contributed by atoms with Crippen molar-refractivity contribution in [3.8, 4) is 11.5 Å². The number of likely N-dealkylation sites (tertiary alicyclic amines) is 1. The Hall–Kier alpha value is -2.54. The van der Waals surface area contributed by atoms with Gasteiger partial charge in [0.05, 0.1) is 24.6 Å². The highest BCUT2D eigenvalue weighted by atomic mass is 16.7. The van der Waals surface area contributed by atoms with Crippen molar-refractivity contribution in [2.45, 2.75) is 24.7 Å². The fourth-order valence-corrected chi connectivity index (χ4v) is 4.49. The summed E-state index contributed by atoms with van der Waals surface area (Å²) in [6.45, 7) is 2.49. The number of carboxylic acid groups (broad SMARTS) is 1. The molecule has 0 unspecified atom stereocenters. The topological polar surface area (TPSA) is 85.3 Å². The maximum atomic E-state index is 13.0. The Morgan fingerprint density at radius 2 is 2.16 bits per heavy atom. The summed E-state index contributed by atoms with van der Waals surface area (Å²) in [5, 5.41) is 9.53. The van der Waals surface area contributed by atoms with Gasteiger partial charge in [-0.2, -0.15) is 0 Å². The molecular weight excluding hydrogens is 326 g/mol. The molecule has 1 spiro atoms. The van der Waals surface area contributed by atoms with Crippen LogP contribution in [0.1, 0.15) is 18.5 Å². The van der Waals surface area contributed by atoms with Gasteiger partial charge in [-0.3, -0.25) is 9.59 Å². The van der Waals surface area contributed by atoms with Gasteiger partial charge in [0.1, 0.15) is 11.5 Å². The second-order valence-electron chi connectivity index (χ2n) is 6.99. The average molecular weight is 343 g/mol. The predicted octanol–water partition coefficient (Wildman–Crippen LogP) is 1.34. The molecule has 1 N–H and O–H groups in total. The summed E-state index contributed by atoms with van der Waals surface area (Å²) >= 11 is 0. The first-order valence-corrected chi connectivity index (χ1v) is 8.30. The lowest BCUT2D eigenvalue weighted by Gasteiger charge is -2.27. The average Bonchev–Trinajstić information content (AvgIpc) is 3.33. The van der Waals surface area contributed by atoms with Crippen LogP contribution in [0.25, 0.3) is 0 Å². The van der Waals surface area contributed by atoms with Crippen LogP contribution in [0.15, 0.2) is 30.4 Å². The number of nitrogens with zero attached hydrogens (tertiary/aromatic N) is 1. The van der Waals surface area contributed by atoms with E-state index in [-0.39, 0.29) is 18.7 Å². The number of hydrogen-bond acceptors (Lipinski definition) is 5. The van der Waals surface area contributed by atoms with Gasteiger partial charge < -0.3 is 24.2 Å². The molecule has 2 saturated heterocycles. The van der Waals surface area contributed by atoms with Gasteiger partial charge in [0, 0.05) is 0 Å². The quantitative estimate of drug-likeness (QED) is 0.834. The molecule has 4 heterocycles. The van der Waals surface area contributed by atoms with E-state index in [2.05, 4.69) is 0 Å². The lowest BCUT2D eigenvalue weighted by Crippen LogP contribution is -2.39. The Kier molecular flexibility index (Phi) is 2.81. The predicted molar refractivity (Wildman–Crippen MR) is 84.1 cm³/mol. The van der Waals surface area contributed by atoms with E-state index in [1.165, 1.54) is 0 Å². The highest BCUT2D eigenvalue weighted by molar-refractivity contribution is 5.91. The van der Waals surface area contributed by atoms with E-state index in [1.807, 2.05) is 31.2 Å². The van der Waals surface area contributed by atoms with Gasteiger partial charge in [-0.05, 0) is 24.6 Å². The highest BCUT2D eigenvalue weighted by Gasteiger charge is 2.67. The summed E-state index contributed by atoms with van der Waals surface area (Å²) in [4.78, 5) is 26.4. The largest absolute Gasteiger partial charge is 0.481 e. The summed E-state index contributed by atoms with van der Waals surface area (Å²) in [6.07, 6.45) is 3.14. The number of benzene rings is 1. The van der Waals surface area contributed by atoms with Crippen molar-refractivity contribution in [3.05, 3.63) is 35.9 Å². The molecule has 0 radical (unpaired) electrons. The molecule has 25 heavy (non-hydrogen) atoms. The number of fused-ring (bicyclic) bond motifs is 2. The number of carbonyl (C=O) groups excluding carboxylic acids is 1. The van der Waals surface area contributed by atoms with Crippen LogP contribution in [-0.4, -0.2) is 46.9 Å². The van der Waals surface area contributed by atoms with Crippen LogP contribution in [0, 0.1) is 11.8 Å². The first-order valence-electron chi connectivity index (χ1n) is 8.30. The Morgan fingerprint density at radius 3 is 2.96 bits per heavy atom. The van der Waals surface area contributed by atoms with Crippen molar-refractivity contribution in [1.29, 1.82) is 0 Å². The standard InChI is InChI=1S/C18H17NO6/c1-9(10-2-3-11-13(6-10)24-8-23-11)19-7-18-5-4-12(25-18)14(17(21)22)15(18)16(19)20/h2-6,9,12,14-15H,7-8H2,1H3,(H,21,22)/t9-,12-,14+,15+,18-/m1/s1. The van der Waals surface area contributed by atoms with Crippen molar-refractivity contribution in [1.82, 2.24) is 4.90 Å². The van der Waals surface area contributed by atoms with Gasteiger partial charge in [0.25, 0.3) is 0 Å². The van der Waals surface area contributed by atoms with Crippen molar-refractivity contribution in [3.63, 3.8) is 0 Å². The van der Waals surface area contributed by atoms with Gasteiger partial charge in [-0.1, -0.05) is 18.2 Å². The maximum absolute atomic E-state index is 13.0. The maximum Gasteiger partial charge on any atom is 0.310 e. The van der Waals surface area contributed by atoms with E-state index in [0.29, 0.717) is 18.0 Å². The zero-order valence-electron chi connectivity index (χ0n) is 13.5. The summed E-state index contributed by atoms with van der Waals surface area (Å²) in [6, 6.07) is 5.39. The number of hydrogen-bond donors (Lipinski definition) is 1. The number of rotatable bonds is 3. The number of ether oxygens (including phenoxy) is 3. The molecule has 5 atom stereocenters. The number of carbonyl (C=O) groups is 2. The SMILES string of the molecule is C[C@H](c1ccc2c(c1)OCO2)N1C[C@@]23C=C[C@@H](O2)[C@H](C(=O)O)[C@H]3C1=O. The first-order chi connectivity index (χ1) is 12.0. The molecule has 7 heteroatoms. The molecule has 1 aromatic carbocycles. The molecule has 2 fully saturated rings. The van der Waals surface area contributed by atoms with Crippen molar-refractivity contribution in [2.24, 2.45) is 11.8 Å². The minimum absolute atomic E-state index is 0.163. The number of carboxylic acids is 1. The molecule has 0 saturated carbocycles. The van der Waals surface area contributed by atoms with Crippen molar-refractivity contribution in [2.75, 3.05) is 13.3 Å². The van der Waals surface area contributed by atoms with Crippen LogP contribution >= 0.6 is 0 Å². The van der Waals surface area contributed by atoms with Gasteiger partial charge in [-0.25, -0.2) is 0 Å². The third-order valence-electron chi connectivity index (χ3n) is 5.76. The lowest BCUT2D eigenvalue weighted by molar-refractivity contribution is -0.148. The molecule has 0 aromatic heterocycles. The molecular formula is C18H17NO6. The second-order valence-corrected chi connectivity index (χ2v) is 6.99. The van der Waals surface area contributed by atoms with Crippen LogP contribution in [0.5, 0.6) is 11.5 Å². The van der Waals surface area contributed by atoms with Crippen molar-refractivity contribution < 1.29 is 28.9 Å². The molecule has 4 aliphatic heterocycles. The van der Waals surface area contributed by atoms with E-state index < -0.39 is 29.5 Å². The Morgan fingerprint density at radius 1 is 1.36 bits per heavy atom. The van der Waals surface area contributed by atoms with Crippen LogP contribution < -0.4 is 9.47 Å². The monoisotopic (exact) mass is 343 g/mol. The fraction of sp³-hybridized carbons (Fsp3) is 0.444. The zero-order chi connectivity index (χ0) is 17.3. The highest BCUT2D eigenvalue weighted by Crippen LogP contribution is 2.53. The minimum Gasteiger partial charge on any atom is -0.481 e. The molecule has 0 aliphatic carbocycles. The van der Waals surface area contributed by atoms with Crippen molar-refractivity contribution >= 4 is 11.9 Å². The van der Waals surface area contributed by atoms with Gasteiger partial charge in [0.2, 0.25) is 12.7 Å². The summed E-state index contributed by atoms with van der Waals surface area (Å²) in [5.41, 5.74) is 0.106. The smallest absolute Gasteiger partial charge is 0.310 e. The molecule has 7 nitrogen and oxygen atoms in total. The van der Waals surface area contributed by atoms with Crippen LogP contribution in [0.2, 0.25) is 0 Å². The summed E-state index contributed by atoms with van der Waals surface area (Å²) < 4.78 is 16.7. The minimum atomic E-state index is -0.979. The van der Waals surface area contributed by atoms with Gasteiger partial charge >= 0.3 is 5.97 Å². The van der Waals surface area contributed by atoms with Crippen LogP contribution in [0.3, 0.4) is 0 Å². The van der Waals surface area contributed by atoms with E-state index >= 15 is 0 Å². The van der Waals surface area contributed by atoms with E-state index in [1.54, 1.807) is 11.0 Å². The van der Waals surface area contributed by atoms with E-state index in [9.17, 15) is 14.7 Å². The molecule has 4 aliphatic rings. The van der Waals surface area contributed by atoms with E-state index in [4.69, 9.17) is 14.2 Å². The second kappa shape index (κ2) is 4.76. The number of aliphatic carboxylic acids is 1. The Balaban J connectivity index is 1.47. The van der Waals surface area contributed by atoms with E-state index in [0.717, 1.165) is 5.56 Å². The molecule has 130 valence electrons. The van der Waals surface area contributed by atoms with Gasteiger partial charge in [-0.15, -0.1) is 0 Å². The fourth-order valence-electron chi connectivity index (χ4n) is 4.49. The Labute approximate surface area is 143 Å². The summed E-state index contributed by atoms with van der Waals surface area (Å²) in [7, 11) is 0. The first kappa shape index (κ1) is 14.8. The zero-order valence-corrected chi connectivity index (χ0v) is 13.5. The molecule has 5 rings (SSSR count). The third kappa shape index (κ3) is 1.84.